The first kappa shape index (κ1) is 20.5. The number of rotatable bonds is 6. The second-order valence-electron chi connectivity index (χ2n) is 8.09. The summed E-state index contributed by atoms with van der Waals surface area (Å²) >= 11 is 0. The first-order valence-corrected chi connectivity index (χ1v) is 10.8. The molecule has 32 heavy (non-hydrogen) atoms. The summed E-state index contributed by atoms with van der Waals surface area (Å²) in [6.45, 7) is 5.89. The lowest BCUT2D eigenvalue weighted by atomic mass is 9.86. The van der Waals surface area contributed by atoms with Gasteiger partial charge in [0.05, 0.1) is 14.2 Å². The van der Waals surface area contributed by atoms with Crippen LogP contribution in [0, 0.1) is 0 Å². The van der Waals surface area contributed by atoms with Crippen molar-refractivity contribution in [3.8, 4) is 23.0 Å². The lowest BCUT2D eigenvalue weighted by molar-refractivity contribution is 0.159. The van der Waals surface area contributed by atoms with Gasteiger partial charge in [0.1, 0.15) is 0 Å². The maximum Gasteiger partial charge on any atom is 0.231 e. The van der Waals surface area contributed by atoms with Gasteiger partial charge < -0.3 is 18.9 Å². The Hall–Kier alpha value is -3.44. The van der Waals surface area contributed by atoms with Crippen LogP contribution in [0.15, 0.2) is 61.2 Å². The van der Waals surface area contributed by atoms with Crippen LogP contribution in [0.1, 0.15) is 33.9 Å². The topological polar surface area (TPSA) is 40.2 Å². The Morgan fingerprint density at radius 2 is 1.81 bits per heavy atom. The Bertz CT molecular complexity index is 1140. The van der Waals surface area contributed by atoms with Gasteiger partial charge in [0.25, 0.3) is 0 Å². The van der Waals surface area contributed by atoms with Gasteiger partial charge in [0, 0.05) is 24.7 Å². The fourth-order valence-electron chi connectivity index (χ4n) is 4.78. The number of hydrogen-bond acceptors (Lipinski definition) is 5. The van der Waals surface area contributed by atoms with Crippen LogP contribution in [-0.2, 0) is 19.5 Å². The minimum Gasteiger partial charge on any atom is -0.493 e. The van der Waals surface area contributed by atoms with E-state index in [1.165, 1.54) is 22.3 Å². The summed E-state index contributed by atoms with van der Waals surface area (Å²) in [6, 6.07) is 19.0. The minimum absolute atomic E-state index is 0.156. The van der Waals surface area contributed by atoms with E-state index in [-0.39, 0.29) is 12.8 Å². The van der Waals surface area contributed by atoms with Crippen LogP contribution in [0.4, 0.5) is 0 Å². The molecule has 0 radical (unpaired) electrons. The van der Waals surface area contributed by atoms with Crippen LogP contribution in [-0.4, -0.2) is 25.9 Å². The zero-order chi connectivity index (χ0) is 22.1. The molecule has 3 aromatic carbocycles. The van der Waals surface area contributed by atoms with Gasteiger partial charge in [0.2, 0.25) is 6.79 Å². The van der Waals surface area contributed by atoms with Crippen molar-refractivity contribution in [3.63, 3.8) is 0 Å². The predicted molar refractivity (Wildman–Crippen MR) is 124 cm³/mol. The summed E-state index contributed by atoms with van der Waals surface area (Å²) in [6.07, 6.45) is 2.76. The lowest BCUT2D eigenvalue weighted by Crippen LogP contribution is -2.34. The van der Waals surface area contributed by atoms with Crippen LogP contribution < -0.4 is 18.9 Å². The molecule has 0 bridgehead atoms. The number of benzene rings is 3. The molecule has 5 heteroatoms. The van der Waals surface area contributed by atoms with Crippen molar-refractivity contribution in [3.05, 3.63) is 89.0 Å². The summed E-state index contributed by atoms with van der Waals surface area (Å²) in [5.74, 6) is 3.15. The highest BCUT2D eigenvalue weighted by Gasteiger charge is 2.33. The third-order valence-electron chi connectivity index (χ3n) is 6.35. The Kier molecular flexibility index (Phi) is 5.50. The zero-order valence-electron chi connectivity index (χ0n) is 18.5. The molecule has 0 aliphatic carbocycles. The van der Waals surface area contributed by atoms with Crippen LogP contribution >= 0.6 is 0 Å². The molecule has 2 aliphatic heterocycles. The van der Waals surface area contributed by atoms with E-state index in [2.05, 4.69) is 47.9 Å². The van der Waals surface area contributed by atoms with Crippen molar-refractivity contribution in [1.29, 1.82) is 0 Å². The maximum absolute atomic E-state index is 5.78. The fraction of sp³-hybridized carbons (Fsp3) is 0.259. The molecule has 2 heterocycles. The van der Waals surface area contributed by atoms with Crippen LogP contribution in [0.3, 0.4) is 0 Å². The van der Waals surface area contributed by atoms with E-state index in [4.69, 9.17) is 18.9 Å². The van der Waals surface area contributed by atoms with Crippen molar-refractivity contribution in [1.82, 2.24) is 4.90 Å². The van der Waals surface area contributed by atoms with Gasteiger partial charge in [-0.25, -0.2) is 0 Å². The number of nitrogens with zero attached hydrogens (tertiary/aromatic N) is 1. The lowest BCUT2D eigenvalue weighted by Gasteiger charge is -2.38. The van der Waals surface area contributed by atoms with Gasteiger partial charge >= 0.3 is 0 Å². The third kappa shape index (κ3) is 3.59. The van der Waals surface area contributed by atoms with E-state index >= 15 is 0 Å². The molecule has 0 N–H and O–H groups in total. The van der Waals surface area contributed by atoms with Gasteiger partial charge in [-0.15, -0.1) is 0 Å². The largest absolute Gasteiger partial charge is 0.493 e. The Morgan fingerprint density at radius 3 is 2.53 bits per heavy atom. The normalized spacial score (nSPS) is 17.0. The smallest absolute Gasteiger partial charge is 0.231 e. The van der Waals surface area contributed by atoms with Crippen LogP contribution in [0.2, 0.25) is 0 Å². The van der Waals surface area contributed by atoms with Crippen molar-refractivity contribution in [2.75, 3.05) is 21.0 Å². The van der Waals surface area contributed by atoms with Gasteiger partial charge in [-0.05, 0) is 46.9 Å². The highest BCUT2D eigenvalue weighted by molar-refractivity contribution is 5.61. The number of hydrogen-bond donors (Lipinski definition) is 0. The molecule has 5 rings (SSSR count). The number of ether oxygens (including phenoxy) is 4. The standard InChI is InChI=1S/C27H27NO4/c1-4-19-13-25-26(32-17-31-25)14-21(19)23-12-20-10-11-24(29-2)27(30-3)22(20)16-28(23)15-18-8-6-5-7-9-18/h4-11,13-14,23H,1,12,15-17H2,2-3H3. The molecule has 2 aliphatic rings. The van der Waals surface area contributed by atoms with Crippen molar-refractivity contribution in [2.45, 2.75) is 25.6 Å². The van der Waals surface area contributed by atoms with Crippen LogP contribution in [0.25, 0.3) is 6.08 Å². The van der Waals surface area contributed by atoms with E-state index in [9.17, 15) is 0 Å². The van der Waals surface area contributed by atoms with E-state index in [1.807, 2.05) is 24.3 Å². The van der Waals surface area contributed by atoms with Crippen molar-refractivity contribution in [2.24, 2.45) is 0 Å². The second-order valence-corrected chi connectivity index (χ2v) is 8.09. The molecule has 0 spiro atoms. The van der Waals surface area contributed by atoms with Gasteiger partial charge in [0.15, 0.2) is 23.0 Å². The molecule has 1 unspecified atom stereocenters. The molecule has 3 aromatic rings. The molecular formula is C27H27NO4. The van der Waals surface area contributed by atoms with Crippen LogP contribution in [0.5, 0.6) is 23.0 Å². The van der Waals surface area contributed by atoms with Gasteiger partial charge in [-0.2, -0.15) is 0 Å². The molecule has 0 fully saturated rings. The van der Waals surface area contributed by atoms with E-state index in [1.54, 1.807) is 14.2 Å². The monoisotopic (exact) mass is 429 g/mol. The zero-order valence-corrected chi connectivity index (χ0v) is 18.5. The predicted octanol–water partition coefficient (Wildman–Crippen LogP) is 5.38. The second kappa shape index (κ2) is 8.60. The Labute approximate surface area is 188 Å². The first-order valence-electron chi connectivity index (χ1n) is 10.8. The highest BCUT2D eigenvalue weighted by Crippen LogP contribution is 2.45. The van der Waals surface area contributed by atoms with E-state index < -0.39 is 0 Å². The van der Waals surface area contributed by atoms with Gasteiger partial charge in [-0.3, -0.25) is 4.90 Å². The summed E-state index contributed by atoms with van der Waals surface area (Å²) < 4.78 is 22.7. The van der Waals surface area contributed by atoms with E-state index in [0.717, 1.165) is 48.1 Å². The highest BCUT2D eigenvalue weighted by atomic mass is 16.7. The first-order chi connectivity index (χ1) is 15.7. The molecule has 0 saturated carbocycles. The molecule has 0 aromatic heterocycles. The third-order valence-corrected chi connectivity index (χ3v) is 6.35. The quantitative estimate of drug-likeness (QED) is 0.527. The average Bonchev–Trinajstić information content (AvgIpc) is 3.30. The number of methoxy groups -OCH3 is 2. The fourth-order valence-corrected chi connectivity index (χ4v) is 4.78. The molecule has 0 saturated heterocycles. The molecule has 1 atom stereocenters. The molecule has 164 valence electrons. The molecule has 0 amide bonds. The Morgan fingerprint density at radius 1 is 1.03 bits per heavy atom. The van der Waals surface area contributed by atoms with Crippen molar-refractivity contribution >= 4 is 6.08 Å². The minimum atomic E-state index is 0.156. The molecular weight excluding hydrogens is 402 g/mol. The average molecular weight is 430 g/mol. The SMILES string of the molecule is C=Cc1cc2c(cc1C1Cc3ccc(OC)c(OC)c3CN1Cc1ccccc1)OCO2. The molecule has 5 nitrogen and oxygen atoms in total. The van der Waals surface area contributed by atoms with Gasteiger partial charge in [-0.1, -0.05) is 49.1 Å². The van der Waals surface area contributed by atoms with Crippen molar-refractivity contribution < 1.29 is 18.9 Å². The summed E-state index contributed by atoms with van der Waals surface area (Å²) in [5.41, 5.74) is 5.98. The summed E-state index contributed by atoms with van der Waals surface area (Å²) in [5, 5.41) is 0. The number of fused-ring (bicyclic) bond motifs is 2. The maximum atomic E-state index is 5.78. The summed E-state index contributed by atoms with van der Waals surface area (Å²) in [4.78, 5) is 2.49. The van der Waals surface area contributed by atoms with E-state index in [0.29, 0.717) is 0 Å². The summed E-state index contributed by atoms with van der Waals surface area (Å²) in [7, 11) is 3.39. The Balaban J connectivity index is 1.61.